The van der Waals surface area contributed by atoms with E-state index in [0.717, 1.165) is 27.9 Å². The molecule has 1 amide bonds. The summed E-state index contributed by atoms with van der Waals surface area (Å²) in [5.74, 6) is -0.304. The Labute approximate surface area is 134 Å². The van der Waals surface area contributed by atoms with Gasteiger partial charge in [-0.15, -0.1) is 0 Å². The van der Waals surface area contributed by atoms with E-state index in [2.05, 4.69) is 21.2 Å². The molecule has 21 heavy (non-hydrogen) atoms. The Morgan fingerprint density at radius 1 is 1.43 bits per heavy atom. The van der Waals surface area contributed by atoms with E-state index in [-0.39, 0.29) is 18.5 Å². The molecule has 0 heterocycles. The van der Waals surface area contributed by atoms with Crippen LogP contribution in [0.25, 0.3) is 0 Å². The van der Waals surface area contributed by atoms with Crippen LogP contribution in [0.4, 0.5) is 5.69 Å². The van der Waals surface area contributed by atoms with Gasteiger partial charge >= 0.3 is 0 Å². The van der Waals surface area contributed by atoms with Crippen LogP contribution in [0.5, 0.6) is 0 Å². The van der Waals surface area contributed by atoms with E-state index in [1.165, 1.54) is 0 Å². The van der Waals surface area contributed by atoms with E-state index in [0.29, 0.717) is 5.69 Å². The summed E-state index contributed by atoms with van der Waals surface area (Å²) < 4.78 is 25.7. The van der Waals surface area contributed by atoms with Crippen molar-refractivity contribution in [2.75, 3.05) is 17.1 Å². The van der Waals surface area contributed by atoms with Gasteiger partial charge in [0.1, 0.15) is 6.54 Å². The van der Waals surface area contributed by atoms with Crippen molar-refractivity contribution < 1.29 is 13.2 Å². The van der Waals surface area contributed by atoms with E-state index >= 15 is 0 Å². The first-order valence-corrected chi connectivity index (χ1v) is 9.40. The normalized spacial score (nSPS) is 12.8. The number of carbonyl (C=O) groups is 1. The molecule has 0 unspecified atom stereocenters. The van der Waals surface area contributed by atoms with Crippen LogP contribution in [-0.2, 0) is 14.8 Å². The Morgan fingerprint density at radius 2 is 2.10 bits per heavy atom. The van der Waals surface area contributed by atoms with Gasteiger partial charge in [-0.25, -0.2) is 8.42 Å². The highest BCUT2D eigenvalue weighted by Gasteiger charge is 2.21. The van der Waals surface area contributed by atoms with Gasteiger partial charge in [-0.1, -0.05) is 35.3 Å². The van der Waals surface area contributed by atoms with Crippen LogP contribution >= 0.6 is 15.9 Å². The summed E-state index contributed by atoms with van der Waals surface area (Å²) in [6, 6.07) is 6.90. The monoisotopic (exact) mass is 376 g/mol. The van der Waals surface area contributed by atoms with Crippen LogP contribution in [0, 0.1) is 0 Å². The van der Waals surface area contributed by atoms with Gasteiger partial charge in [0.15, 0.2) is 0 Å². The smallest absolute Gasteiger partial charge is 0.240 e. The molecule has 118 valence electrons. The summed E-state index contributed by atoms with van der Waals surface area (Å²) >= 11 is 3.30. The van der Waals surface area contributed by atoms with Crippen molar-refractivity contribution >= 4 is 37.5 Å². The molecule has 0 spiro atoms. The number of anilines is 1. The summed E-state index contributed by atoms with van der Waals surface area (Å²) in [5, 5.41) is 2.81. The maximum absolute atomic E-state index is 12.0. The molecule has 0 saturated carbocycles. The molecule has 1 atom stereocenters. The Balaban J connectivity index is 2.89. The van der Waals surface area contributed by atoms with Crippen LogP contribution in [0.2, 0.25) is 0 Å². The molecule has 0 bridgehead atoms. The number of hydrogen-bond acceptors (Lipinski definition) is 3. The molecular formula is C14H21BrN2O3S. The number of sulfonamides is 1. The first-order valence-electron chi connectivity index (χ1n) is 6.76. The fourth-order valence-corrected chi connectivity index (χ4v) is 3.22. The Bertz CT molecular complexity index is 590. The van der Waals surface area contributed by atoms with Crippen LogP contribution < -0.4 is 9.62 Å². The van der Waals surface area contributed by atoms with E-state index in [9.17, 15) is 13.2 Å². The Hall–Kier alpha value is -1.08. The Morgan fingerprint density at radius 3 is 2.62 bits per heavy atom. The number of amides is 1. The van der Waals surface area contributed by atoms with Crippen LogP contribution in [-0.4, -0.2) is 33.2 Å². The molecule has 5 nitrogen and oxygen atoms in total. The van der Waals surface area contributed by atoms with E-state index in [1.54, 1.807) is 24.3 Å². The molecule has 0 aliphatic carbocycles. The number of hydrogen-bond donors (Lipinski definition) is 1. The number of nitrogens with zero attached hydrogens (tertiary/aromatic N) is 1. The van der Waals surface area contributed by atoms with Gasteiger partial charge in [0.25, 0.3) is 0 Å². The molecule has 0 aliphatic rings. The van der Waals surface area contributed by atoms with Crippen molar-refractivity contribution in [2.45, 2.75) is 32.7 Å². The minimum absolute atomic E-state index is 0.0337. The second-order valence-corrected chi connectivity index (χ2v) is 7.83. The summed E-state index contributed by atoms with van der Waals surface area (Å²) in [4.78, 5) is 12.0. The third-order valence-electron chi connectivity index (χ3n) is 2.91. The van der Waals surface area contributed by atoms with E-state index < -0.39 is 10.0 Å². The number of nitrogens with one attached hydrogen (secondary N) is 1. The third-order valence-corrected chi connectivity index (χ3v) is 4.55. The first kappa shape index (κ1) is 18.0. The van der Waals surface area contributed by atoms with Crippen molar-refractivity contribution in [3.63, 3.8) is 0 Å². The topological polar surface area (TPSA) is 66.5 Å². The predicted molar refractivity (Wildman–Crippen MR) is 88.8 cm³/mol. The van der Waals surface area contributed by atoms with Crippen molar-refractivity contribution in [3.05, 3.63) is 28.7 Å². The maximum Gasteiger partial charge on any atom is 0.240 e. The average Bonchev–Trinajstić information content (AvgIpc) is 2.34. The number of carbonyl (C=O) groups excluding carboxylic acids is 1. The van der Waals surface area contributed by atoms with Gasteiger partial charge in [-0.05, 0) is 31.5 Å². The molecule has 0 fully saturated rings. The third kappa shape index (κ3) is 6.05. The lowest BCUT2D eigenvalue weighted by molar-refractivity contribution is -0.120. The summed E-state index contributed by atoms with van der Waals surface area (Å²) in [6.07, 6.45) is 2.92. The molecular weight excluding hydrogens is 356 g/mol. The lowest BCUT2D eigenvalue weighted by Gasteiger charge is -2.23. The zero-order valence-corrected chi connectivity index (χ0v) is 14.9. The van der Waals surface area contributed by atoms with Crippen LogP contribution in [0.3, 0.4) is 0 Å². The molecule has 0 saturated heterocycles. The molecule has 1 aromatic carbocycles. The molecule has 1 rings (SSSR count). The average molecular weight is 377 g/mol. The predicted octanol–water partition coefficient (Wildman–Crippen LogP) is 2.52. The molecule has 0 aromatic heterocycles. The quantitative estimate of drug-likeness (QED) is 0.794. The summed E-state index contributed by atoms with van der Waals surface area (Å²) in [5.41, 5.74) is 0.463. The second kappa shape index (κ2) is 7.79. The van der Waals surface area contributed by atoms with Gasteiger partial charge in [0, 0.05) is 10.5 Å². The van der Waals surface area contributed by atoms with Gasteiger partial charge < -0.3 is 5.32 Å². The lowest BCUT2D eigenvalue weighted by atomic mass is 10.2. The molecule has 1 aromatic rings. The van der Waals surface area contributed by atoms with E-state index in [4.69, 9.17) is 0 Å². The summed E-state index contributed by atoms with van der Waals surface area (Å²) in [7, 11) is -3.53. The fraction of sp³-hybridized carbons (Fsp3) is 0.500. The molecule has 7 heteroatoms. The van der Waals surface area contributed by atoms with Gasteiger partial charge in [0.2, 0.25) is 15.9 Å². The van der Waals surface area contributed by atoms with Gasteiger partial charge in [0.05, 0.1) is 11.9 Å². The highest BCUT2D eigenvalue weighted by Crippen LogP contribution is 2.21. The minimum atomic E-state index is -3.53. The first-order chi connectivity index (χ1) is 9.74. The van der Waals surface area contributed by atoms with Crippen molar-refractivity contribution in [2.24, 2.45) is 0 Å². The molecule has 1 N–H and O–H groups in total. The highest BCUT2D eigenvalue weighted by molar-refractivity contribution is 9.10. The fourth-order valence-electron chi connectivity index (χ4n) is 1.99. The zero-order chi connectivity index (χ0) is 16.0. The van der Waals surface area contributed by atoms with E-state index in [1.807, 2.05) is 13.8 Å². The van der Waals surface area contributed by atoms with Gasteiger partial charge in [-0.3, -0.25) is 9.10 Å². The zero-order valence-electron chi connectivity index (χ0n) is 12.5. The number of rotatable bonds is 7. The number of halogens is 1. The molecule has 0 radical (unpaired) electrons. The van der Waals surface area contributed by atoms with Gasteiger partial charge in [-0.2, -0.15) is 0 Å². The second-order valence-electron chi connectivity index (χ2n) is 5.01. The largest absolute Gasteiger partial charge is 0.352 e. The van der Waals surface area contributed by atoms with Crippen molar-refractivity contribution in [3.8, 4) is 0 Å². The number of benzene rings is 1. The summed E-state index contributed by atoms with van der Waals surface area (Å²) in [6.45, 7) is 3.72. The highest BCUT2D eigenvalue weighted by atomic mass is 79.9. The van der Waals surface area contributed by atoms with Crippen molar-refractivity contribution in [1.82, 2.24) is 5.32 Å². The van der Waals surface area contributed by atoms with Crippen LogP contribution in [0.15, 0.2) is 28.7 Å². The molecule has 0 aliphatic heterocycles. The standard InChI is InChI=1S/C14H21BrN2O3S/c1-4-6-11(2)16-14(18)10-17(21(3,19)20)13-8-5-7-12(15)9-13/h5,7-9,11H,4,6,10H2,1-3H3,(H,16,18)/t11-/m1/s1. The maximum atomic E-state index is 12.0. The minimum Gasteiger partial charge on any atom is -0.352 e. The Kier molecular flexibility index (Phi) is 6.67. The SMILES string of the molecule is CCC[C@@H](C)NC(=O)CN(c1cccc(Br)c1)S(C)(=O)=O. The van der Waals surface area contributed by atoms with Crippen LogP contribution in [0.1, 0.15) is 26.7 Å². The lowest BCUT2D eigenvalue weighted by Crippen LogP contribution is -2.43. The van der Waals surface area contributed by atoms with Crippen molar-refractivity contribution in [1.29, 1.82) is 0 Å².